The number of amides is 1. The Labute approximate surface area is 136 Å². The maximum atomic E-state index is 12.6. The molecule has 0 N–H and O–H groups in total. The molecular formula is C16H22N4OS. The molecule has 1 aliphatic rings. The Hall–Kier alpha value is -1.61. The zero-order valence-electron chi connectivity index (χ0n) is 13.6. The van der Waals surface area contributed by atoms with E-state index in [-0.39, 0.29) is 11.2 Å². The summed E-state index contributed by atoms with van der Waals surface area (Å²) in [4.78, 5) is 23.0. The van der Waals surface area contributed by atoms with Gasteiger partial charge < -0.3 is 4.90 Å². The Balaban J connectivity index is 2.10. The van der Waals surface area contributed by atoms with Crippen LogP contribution < -0.4 is 0 Å². The van der Waals surface area contributed by atoms with Gasteiger partial charge in [-0.3, -0.25) is 4.79 Å². The highest BCUT2D eigenvalue weighted by atomic mass is 32.2. The highest BCUT2D eigenvalue weighted by Crippen LogP contribution is 2.28. The summed E-state index contributed by atoms with van der Waals surface area (Å²) in [5.41, 5.74) is 1.14. The molecule has 118 valence electrons. The fourth-order valence-electron chi connectivity index (χ4n) is 2.60. The second-order valence-corrected chi connectivity index (χ2v) is 7.25. The molecule has 1 amide bonds. The van der Waals surface area contributed by atoms with Gasteiger partial charge in [0, 0.05) is 13.1 Å². The molecule has 0 bridgehead atoms. The number of hydrogen-bond donors (Lipinski definition) is 0. The van der Waals surface area contributed by atoms with Gasteiger partial charge in [-0.25, -0.2) is 9.97 Å². The molecule has 0 spiro atoms. The lowest BCUT2D eigenvalue weighted by Gasteiger charge is -2.32. The summed E-state index contributed by atoms with van der Waals surface area (Å²) in [6, 6.07) is 2.15. The number of thioether (sulfide) groups is 1. The minimum Gasteiger partial charge on any atom is -0.342 e. The lowest BCUT2D eigenvalue weighted by atomic mass is 9.99. The van der Waals surface area contributed by atoms with Gasteiger partial charge in [-0.05, 0) is 39.5 Å². The van der Waals surface area contributed by atoms with E-state index in [2.05, 4.69) is 23.0 Å². The van der Waals surface area contributed by atoms with Crippen molar-refractivity contribution in [3.63, 3.8) is 0 Å². The van der Waals surface area contributed by atoms with Crippen molar-refractivity contribution < 1.29 is 4.79 Å². The molecule has 1 unspecified atom stereocenters. The topological polar surface area (TPSA) is 69.9 Å². The molecule has 0 radical (unpaired) electrons. The van der Waals surface area contributed by atoms with Gasteiger partial charge in [-0.15, -0.1) is 0 Å². The molecule has 1 saturated heterocycles. The van der Waals surface area contributed by atoms with Crippen molar-refractivity contribution in [2.24, 2.45) is 5.92 Å². The van der Waals surface area contributed by atoms with E-state index in [9.17, 15) is 10.1 Å². The van der Waals surface area contributed by atoms with Gasteiger partial charge in [0.05, 0.1) is 10.9 Å². The van der Waals surface area contributed by atoms with Crippen molar-refractivity contribution in [2.45, 2.75) is 50.8 Å². The van der Waals surface area contributed by atoms with Crippen molar-refractivity contribution in [3.8, 4) is 6.07 Å². The van der Waals surface area contributed by atoms with Crippen molar-refractivity contribution in [1.82, 2.24) is 14.9 Å². The SMILES string of the molecule is Cc1nc(C)c(C#N)c(SC(C)C(=O)N2CCC(C)CC2)n1. The van der Waals surface area contributed by atoms with Crippen LogP contribution in [0.2, 0.25) is 0 Å². The third kappa shape index (κ3) is 3.77. The predicted octanol–water partition coefficient (Wildman–Crippen LogP) is 2.70. The smallest absolute Gasteiger partial charge is 0.235 e. The quantitative estimate of drug-likeness (QED) is 0.633. The molecule has 22 heavy (non-hydrogen) atoms. The fourth-order valence-corrected chi connectivity index (χ4v) is 3.68. The first-order chi connectivity index (χ1) is 10.4. The lowest BCUT2D eigenvalue weighted by molar-refractivity contribution is -0.131. The standard InChI is InChI=1S/C16H22N4OS/c1-10-5-7-20(8-6-10)16(21)12(3)22-15-14(9-17)11(2)18-13(4)19-15/h10,12H,5-8H2,1-4H3. The number of piperidine rings is 1. The van der Waals surface area contributed by atoms with E-state index < -0.39 is 0 Å². The van der Waals surface area contributed by atoms with Crippen LogP contribution in [0.1, 0.15) is 43.8 Å². The van der Waals surface area contributed by atoms with Crippen LogP contribution in [0.25, 0.3) is 0 Å². The molecule has 5 nitrogen and oxygen atoms in total. The Morgan fingerprint density at radius 1 is 1.36 bits per heavy atom. The maximum Gasteiger partial charge on any atom is 0.235 e. The maximum absolute atomic E-state index is 12.6. The molecule has 1 aromatic heterocycles. The highest BCUT2D eigenvalue weighted by Gasteiger charge is 2.26. The third-order valence-electron chi connectivity index (χ3n) is 4.01. The number of hydrogen-bond acceptors (Lipinski definition) is 5. The van der Waals surface area contributed by atoms with Gasteiger partial charge in [-0.1, -0.05) is 18.7 Å². The minimum absolute atomic E-state index is 0.134. The molecule has 2 heterocycles. The molecule has 6 heteroatoms. The van der Waals surface area contributed by atoms with Crippen LogP contribution in [0.15, 0.2) is 5.03 Å². The summed E-state index contributed by atoms with van der Waals surface area (Å²) in [7, 11) is 0. The average molecular weight is 318 g/mol. The summed E-state index contributed by atoms with van der Waals surface area (Å²) < 4.78 is 0. The molecule has 0 aromatic carbocycles. The van der Waals surface area contributed by atoms with Crippen LogP contribution >= 0.6 is 11.8 Å². The fraction of sp³-hybridized carbons (Fsp3) is 0.625. The first-order valence-electron chi connectivity index (χ1n) is 7.63. The number of nitriles is 1. The van der Waals surface area contributed by atoms with Gasteiger partial charge in [0.2, 0.25) is 5.91 Å². The first-order valence-corrected chi connectivity index (χ1v) is 8.51. The number of rotatable bonds is 3. The van der Waals surface area contributed by atoms with Gasteiger partial charge in [0.25, 0.3) is 0 Å². The molecule has 0 saturated carbocycles. The van der Waals surface area contributed by atoms with E-state index in [0.29, 0.717) is 28.0 Å². The molecule has 1 atom stereocenters. The highest BCUT2D eigenvalue weighted by molar-refractivity contribution is 8.00. The number of aromatic nitrogens is 2. The van der Waals surface area contributed by atoms with Crippen molar-refractivity contribution in [3.05, 3.63) is 17.1 Å². The second kappa shape index (κ2) is 7.10. The van der Waals surface area contributed by atoms with E-state index in [1.165, 1.54) is 11.8 Å². The monoisotopic (exact) mass is 318 g/mol. The molecule has 0 aliphatic carbocycles. The third-order valence-corrected chi connectivity index (χ3v) is 5.09. The largest absolute Gasteiger partial charge is 0.342 e. The van der Waals surface area contributed by atoms with E-state index in [4.69, 9.17) is 0 Å². The van der Waals surface area contributed by atoms with E-state index >= 15 is 0 Å². The Bertz CT molecular complexity index is 603. The second-order valence-electron chi connectivity index (χ2n) is 5.92. The Morgan fingerprint density at radius 3 is 2.59 bits per heavy atom. The number of aryl methyl sites for hydroxylation is 2. The number of carbonyl (C=O) groups excluding carboxylic acids is 1. The van der Waals surface area contributed by atoms with Crippen LogP contribution in [-0.2, 0) is 4.79 Å². The van der Waals surface area contributed by atoms with Crippen molar-refractivity contribution >= 4 is 17.7 Å². The van der Waals surface area contributed by atoms with Crippen molar-refractivity contribution in [2.75, 3.05) is 13.1 Å². The normalized spacial score (nSPS) is 17.1. The van der Waals surface area contributed by atoms with Crippen LogP contribution in [0.5, 0.6) is 0 Å². The Kier molecular flexibility index (Phi) is 5.41. The van der Waals surface area contributed by atoms with Gasteiger partial charge in [0.15, 0.2) is 0 Å². The predicted molar refractivity (Wildman–Crippen MR) is 86.5 cm³/mol. The van der Waals surface area contributed by atoms with Gasteiger partial charge in [0.1, 0.15) is 22.5 Å². The zero-order chi connectivity index (χ0) is 16.3. The zero-order valence-corrected chi connectivity index (χ0v) is 14.4. The Morgan fingerprint density at radius 2 is 2.00 bits per heavy atom. The van der Waals surface area contributed by atoms with Gasteiger partial charge in [-0.2, -0.15) is 5.26 Å². The molecule has 2 rings (SSSR count). The first kappa shape index (κ1) is 16.8. The summed E-state index contributed by atoms with van der Waals surface area (Å²) in [6.07, 6.45) is 2.14. The molecule has 1 fully saturated rings. The average Bonchev–Trinajstić information content (AvgIpc) is 2.47. The summed E-state index contributed by atoms with van der Waals surface area (Å²) in [5, 5.41) is 9.65. The molecule has 1 aromatic rings. The summed E-state index contributed by atoms with van der Waals surface area (Å²) in [5.74, 6) is 1.46. The van der Waals surface area contributed by atoms with E-state index in [1.54, 1.807) is 13.8 Å². The number of nitrogens with zero attached hydrogens (tertiary/aromatic N) is 4. The van der Waals surface area contributed by atoms with Crippen LogP contribution in [-0.4, -0.2) is 39.1 Å². The van der Waals surface area contributed by atoms with Crippen LogP contribution in [0.4, 0.5) is 0 Å². The van der Waals surface area contributed by atoms with Crippen molar-refractivity contribution in [1.29, 1.82) is 5.26 Å². The summed E-state index contributed by atoms with van der Waals surface area (Å²) >= 11 is 1.36. The van der Waals surface area contributed by atoms with Gasteiger partial charge >= 0.3 is 0 Å². The molecular weight excluding hydrogens is 296 g/mol. The minimum atomic E-state index is -0.241. The van der Waals surface area contributed by atoms with Crippen LogP contribution in [0.3, 0.4) is 0 Å². The number of carbonyl (C=O) groups is 1. The lowest BCUT2D eigenvalue weighted by Crippen LogP contribution is -2.41. The summed E-state index contributed by atoms with van der Waals surface area (Å²) in [6.45, 7) is 9.38. The number of likely N-dealkylation sites (tertiary alicyclic amines) is 1. The van der Waals surface area contributed by atoms with Crippen LogP contribution in [0, 0.1) is 31.1 Å². The molecule has 1 aliphatic heterocycles. The van der Waals surface area contributed by atoms with E-state index in [1.807, 2.05) is 11.8 Å². The van der Waals surface area contributed by atoms with E-state index in [0.717, 1.165) is 25.9 Å².